The van der Waals surface area contributed by atoms with Crippen LogP contribution in [0.1, 0.15) is 17.3 Å². The van der Waals surface area contributed by atoms with Gasteiger partial charge in [-0.2, -0.15) is 0 Å². The van der Waals surface area contributed by atoms with Gasteiger partial charge in [-0.3, -0.25) is 4.79 Å². The van der Waals surface area contributed by atoms with Gasteiger partial charge in [0.15, 0.2) is 11.5 Å². The normalized spacial score (nSPS) is 10.3. The minimum atomic E-state index is -0.245. The summed E-state index contributed by atoms with van der Waals surface area (Å²) in [5, 5.41) is 3.71. The molecule has 2 rings (SSSR count). The van der Waals surface area contributed by atoms with E-state index in [0.717, 1.165) is 5.03 Å². The first-order valence-corrected chi connectivity index (χ1v) is 8.92. The van der Waals surface area contributed by atoms with E-state index in [2.05, 4.69) is 26.2 Å². The van der Waals surface area contributed by atoms with E-state index >= 15 is 0 Å². The van der Waals surface area contributed by atoms with Crippen LogP contribution in [0, 0.1) is 0 Å². The number of carbonyl (C=O) groups is 1. The van der Waals surface area contributed by atoms with Gasteiger partial charge in [0, 0.05) is 5.56 Å². The number of nitrogens with zero attached hydrogens (tertiary/aromatic N) is 1. The maximum absolute atomic E-state index is 12.4. The fourth-order valence-electron chi connectivity index (χ4n) is 1.91. The summed E-state index contributed by atoms with van der Waals surface area (Å²) in [5.74, 6) is 0.838. The Labute approximate surface area is 147 Å². The molecule has 1 heterocycles. The fraction of sp³-hybridized carbons (Fsp3) is 0.250. The number of amides is 1. The monoisotopic (exact) mass is 396 g/mol. The van der Waals surface area contributed by atoms with Crippen molar-refractivity contribution in [3.63, 3.8) is 0 Å². The Kier molecular flexibility index (Phi) is 6.29. The van der Waals surface area contributed by atoms with Crippen LogP contribution >= 0.6 is 27.7 Å². The van der Waals surface area contributed by atoms with E-state index in [0.29, 0.717) is 33.8 Å². The molecule has 0 spiro atoms. The summed E-state index contributed by atoms with van der Waals surface area (Å²) in [5.41, 5.74) is 1.10. The molecular formula is C16H17BrN2O3S. The van der Waals surface area contributed by atoms with Crippen molar-refractivity contribution in [2.45, 2.75) is 11.9 Å². The average molecular weight is 397 g/mol. The topological polar surface area (TPSA) is 60.5 Å². The molecule has 0 atom stereocenters. The number of halogens is 1. The maximum Gasteiger partial charge on any atom is 0.255 e. The second-order valence-corrected chi connectivity index (χ2v) is 6.15. The quantitative estimate of drug-likeness (QED) is 0.740. The van der Waals surface area contributed by atoms with Crippen LogP contribution in [0.2, 0.25) is 0 Å². The number of rotatable bonds is 6. The molecule has 0 radical (unpaired) electrons. The van der Waals surface area contributed by atoms with Gasteiger partial charge < -0.3 is 14.8 Å². The molecule has 0 saturated carbocycles. The Balaban J connectivity index is 2.22. The first-order chi connectivity index (χ1) is 11.1. The van der Waals surface area contributed by atoms with Gasteiger partial charge in [-0.25, -0.2) is 4.98 Å². The van der Waals surface area contributed by atoms with Gasteiger partial charge in [-0.05, 0) is 53.4 Å². The Hall–Kier alpha value is -1.73. The molecule has 0 aliphatic rings. The molecule has 1 N–H and O–H groups in total. The number of aromatic nitrogens is 1. The standard InChI is InChI=1S/C16H17BrN2O3S/c1-4-22-15-12(17)7-10(8-13(15)21-2)16(20)19-11-5-6-14(23-3)18-9-11/h5-9H,4H2,1-3H3,(H,19,20). The molecule has 0 aliphatic heterocycles. The summed E-state index contributed by atoms with van der Waals surface area (Å²) < 4.78 is 11.5. The van der Waals surface area contributed by atoms with Gasteiger partial charge >= 0.3 is 0 Å². The molecule has 1 amide bonds. The van der Waals surface area contributed by atoms with Gasteiger partial charge in [-0.1, -0.05) is 0 Å². The van der Waals surface area contributed by atoms with Gasteiger partial charge in [-0.15, -0.1) is 11.8 Å². The molecule has 0 fully saturated rings. The van der Waals surface area contributed by atoms with E-state index < -0.39 is 0 Å². The summed E-state index contributed by atoms with van der Waals surface area (Å²) in [6.07, 6.45) is 3.58. The van der Waals surface area contributed by atoms with E-state index in [9.17, 15) is 4.79 Å². The zero-order valence-corrected chi connectivity index (χ0v) is 15.5. The van der Waals surface area contributed by atoms with Crippen LogP contribution in [-0.2, 0) is 0 Å². The number of nitrogens with one attached hydrogen (secondary N) is 1. The van der Waals surface area contributed by atoms with Gasteiger partial charge in [0.2, 0.25) is 0 Å². The first-order valence-electron chi connectivity index (χ1n) is 6.90. The number of pyridine rings is 1. The zero-order valence-electron chi connectivity index (χ0n) is 13.1. The first kappa shape index (κ1) is 17.6. The summed E-state index contributed by atoms with van der Waals surface area (Å²) >= 11 is 4.96. The largest absolute Gasteiger partial charge is 0.493 e. The minimum Gasteiger partial charge on any atom is -0.493 e. The highest BCUT2D eigenvalue weighted by atomic mass is 79.9. The SMILES string of the molecule is CCOc1c(Br)cc(C(=O)Nc2ccc(SC)nc2)cc1OC. The molecule has 2 aromatic rings. The molecule has 122 valence electrons. The molecule has 0 bridgehead atoms. The Bertz CT molecular complexity index is 692. The second-order valence-electron chi connectivity index (χ2n) is 4.47. The third-order valence-corrected chi connectivity index (χ3v) is 4.23. The third-order valence-electron chi connectivity index (χ3n) is 2.98. The van der Waals surface area contributed by atoms with E-state index in [1.54, 1.807) is 30.1 Å². The third kappa shape index (κ3) is 4.39. The van der Waals surface area contributed by atoms with Crippen LogP contribution in [-0.4, -0.2) is 30.9 Å². The summed E-state index contributed by atoms with van der Waals surface area (Å²) in [6.45, 7) is 2.39. The van der Waals surface area contributed by atoms with E-state index in [1.807, 2.05) is 25.3 Å². The van der Waals surface area contributed by atoms with Gasteiger partial charge in [0.25, 0.3) is 5.91 Å². The Morgan fingerprint density at radius 3 is 2.74 bits per heavy atom. The summed E-state index contributed by atoms with van der Waals surface area (Å²) in [6, 6.07) is 7.02. The number of ether oxygens (including phenoxy) is 2. The lowest BCUT2D eigenvalue weighted by Gasteiger charge is -2.13. The van der Waals surface area contributed by atoms with Crippen molar-refractivity contribution >= 4 is 39.3 Å². The van der Waals surface area contributed by atoms with Crippen LogP contribution in [0.5, 0.6) is 11.5 Å². The number of methoxy groups -OCH3 is 1. The number of hydrogen-bond acceptors (Lipinski definition) is 5. The minimum absolute atomic E-state index is 0.245. The molecule has 1 aromatic heterocycles. The molecule has 7 heteroatoms. The number of anilines is 1. The molecule has 0 saturated heterocycles. The summed E-state index contributed by atoms with van der Waals surface area (Å²) in [4.78, 5) is 16.6. The lowest BCUT2D eigenvalue weighted by Crippen LogP contribution is -2.12. The predicted octanol–water partition coefficient (Wildman–Crippen LogP) is 4.23. The van der Waals surface area contributed by atoms with E-state index in [1.165, 1.54) is 7.11 Å². The van der Waals surface area contributed by atoms with Crippen LogP contribution in [0.3, 0.4) is 0 Å². The van der Waals surface area contributed by atoms with E-state index in [-0.39, 0.29) is 5.91 Å². The summed E-state index contributed by atoms with van der Waals surface area (Å²) in [7, 11) is 1.54. The van der Waals surface area contributed by atoms with Crippen LogP contribution in [0.4, 0.5) is 5.69 Å². The highest BCUT2D eigenvalue weighted by Crippen LogP contribution is 2.36. The maximum atomic E-state index is 12.4. The van der Waals surface area contributed by atoms with E-state index in [4.69, 9.17) is 9.47 Å². The highest BCUT2D eigenvalue weighted by molar-refractivity contribution is 9.10. The van der Waals surface area contributed by atoms with Crippen LogP contribution in [0.15, 0.2) is 40.0 Å². The molecule has 0 unspecified atom stereocenters. The van der Waals surface area contributed by atoms with Gasteiger partial charge in [0.05, 0.1) is 35.1 Å². The van der Waals surface area contributed by atoms with Crippen molar-refractivity contribution in [1.82, 2.24) is 4.98 Å². The highest BCUT2D eigenvalue weighted by Gasteiger charge is 2.15. The van der Waals surface area contributed by atoms with Crippen molar-refractivity contribution < 1.29 is 14.3 Å². The van der Waals surface area contributed by atoms with Crippen molar-refractivity contribution in [3.8, 4) is 11.5 Å². The molecular weight excluding hydrogens is 380 g/mol. The lowest BCUT2D eigenvalue weighted by molar-refractivity contribution is 0.102. The number of carbonyl (C=O) groups excluding carboxylic acids is 1. The molecule has 1 aromatic carbocycles. The van der Waals surface area contributed by atoms with Crippen molar-refractivity contribution in [2.24, 2.45) is 0 Å². The Morgan fingerprint density at radius 1 is 1.39 bits per heavy atom. The second kappa shape index (κ2) is 8.21. The van der Waals surface area contributed by atoms with Gasteiger partial charge in [0.1, 0.15) is 0 Å². The van der Waals surface area contributed by atoms with Crippen LogP contribution in [0.25, 0.3) is 0 Å². The van der Waals surface area contributed by atoms with Crippen molar-refractivity contribution in [3.05, 3.63) is 40.5 Å². The number of hydrogen-bond donors (Lipinski definition) is 1. The fourth-order valence-corrected chi connectivity index (χ4v) is 2.83. The van der Waals surface area contributed by atoms with Crippen LogP contribution < -0.4 is 14.8 Å². The zero-order chi connectivity index (χ0) is 16.8. The number of thioether (sulfide) groups is 1. The smallest absolute Gasteiger partial charge is 0.255 e. The molecule has 0 aliphatic carbocycles. The number of benzene rings is 1. The van der Waals surface area contributed by atoms with Crippen molar-refractivity contribution in [2.75, 3.05) is 25.3 Å². The molecule has 5 nitrogen and oxygen atoms in total. The average Bonchev–Trinajstić information content (AvgIpc) is 2.57. The predicted molar refractivity (Wildman–Crippen MR) is 95.8 cm³/mol. The van der Waals surface area contributed by atoms with Crippen molar-refractivity contribution in [1.29, 1.82) is 0 Å². The molecule has 23 heavy (non-hydrogen) atoms. The Morgan fingerprint density at radius 2 is 2.17 bits per heavy atom. The lowest BCUT2D eigenvalue weighted by atomic mass is 10.2.